The molecule has 17 heavy (non-hydrogen) atoms. The van der Waals surface area contributed by atoms with E-state index in [4.69, 9.17) is 7.85 Å². The molecule has 0 saturated heterocycles. The van der Waals surface area contributed by atoms with Crippen molar-refractivity contribution in [1.82, 2.24) is 5.32 Å². The lowest BCUT2D eigenvalue weighted by molar-refractivity contribution is 0.206. The van der Waals surface area contributed by atoms with Gasteiger partial charge in [-0.1, -0.05) is 53.4 Å². The zero-order valence-corrected chi connectivity index (χ0v) is 12.3. The van der Waals surface area contributed by atoms with Crippen LogP contribution in [0.2, 0.25) is 6.32 Å². The van der Waals surface area contributed by atoms with E-state index < -0.39 is 0 Å². The molecule has 0 aromatic heterocycles. The molecule has 0 rings (SSSR count). The molecule has 98 valence electrons. The fourth-order valence-electron chi connectivity index (χ4n) is 2.12. The van der Waals surface area contributed by atoms with Crippen molar-refractivity contribution >= 4 is 7.85 Å². The van der Waals surface area contributed by atoms with Gasteiger partial charge in [0.1, 0.15) is 0 Å². The summed E-state index contributed by atoms with van der Waals surface area (Å²) in [6, 6.07) is 0. The molecule has 1 unspecified atom stereocenters. The van der Waals surface area contributed by atoms with Crippen molar-refractivity contribution in [2.24, 2.45) is 11.3 Å². The predicted octanol–water partition coefficient (Wildman–Crippen LogP) is 4.31. The summed E-state index contributed by atoms with van der Waals surface area (Å²) in [5, 5.41) is 3.40. The lowest BCUT2D eigenvalue weighted by Gasteiger charge is -2.33. The quantitative estimate of drug-likeness (QED) is 0.439. The first-order valence-electron chi connectivity index (χ1n) is 7.09. The van der Waals surface area contributed by atoms with E-state index in [0.29, 0.717) is 11.3 Å². The average molecular weight is 235 g/mol. The maximum atomic E-state index is 5.89. The molecule has 1 nitrogen and oxygen atoms in total. The molecule has 0 aliphatic heterocycles. The maximum Gasteiger partial charge on any atom is 0.0657 e. The SMILES string of the molecule is [B]CC(CCCNC(=C)CCC)C(C)(C)CC. The van der Waals surface area contributed by atoms with Crippen LogP contribution in [0.4, 0.5) is 0 Å². The lowest BCUT2D eigenvalue weighted by Crippen LogP contribution is -2.24. The second kappa shape index (κ2) is 8.66. The van der Waals surface area contributed by atoms with Gasteiger partial charge in [0.25, 0.3) is 0 Å². The van der Waals surface area contributed by atoms with Crippen molar-refractivity contribution in [2.45, 2.75) is 66.1 Å². The minimum absolute atomic E-state index is 0.370. The summed E-state index contributed by atoms with van der Waals surface area (Å²) in [5.74, 6) is 0.633. The zero-order valence-electron chi connectivity index (χ0n) is 12.3. The number of hydrogen-bond donors (Lipinski definition) is 1. The summed E-state index contributed by atoms with van der Waals surface area (Å²) in [7, 11) is 5.89. The minimum atomic E-state index is 0.370. The van der Waals surface area contributed by atoms with Crippen LogP contribution in [0, 0.1) is 11.3 Å². The van der Waals surface area contributed by atoms with Crippen LogP contribution in [0.5, 0.6) is 0 Å². The first kappa shape index (κ1) is 16.6. The van der Waals surface area contributed by atoms with Crippen LogP contribution >= 0.6 is 0 Å². The minimum Gasteiger partial charge on any atom is -0.389 e. The Labute approximate surface area is 110 Å². The van der Waals surface area contributed by atoms with Gasteiger partial charge in [-0.25, -0.2) is 0 Å². The summed E-state index contributed by atoms with van der Waals surface area (Å²) in [6.07, 6.45) is 6.65. The van der Waals surface area contributed by atoms with Gasteiger partial charge >= 0.3 is 0 Å². The Hall–Kier alpha value is -0.395. The standard InChI is InChI=1S/C15H30BN/c1-6-9-13(3)17-11-8-10-14(12-16)15(4,5)7-2/h14,17H,3,6-12H2,1-2,4-5H3. The molecule has 1 atom stereocenters. The average Bonchev–Trinajstić information content (AvgIpc) is 2.29. The topological polar surface area (TPSA) is 12.0 Å². The Balaban J connectivity index is 3.82. The van der Waals surface area contributed by atoms with E-state index in [1.165, 1.54) is 31.4 Å². The summed E-state index contributed by atoms with van der Waals surface area (Å²) in [5.41, 5.74) is 1.54. The third-order valence-electron chi connectivity index (χ3n) is 3.96. The van der Waals surface area contributed by atoms with Crippen molar-refractivity contribution < 1.29 is 0 Å². The fourth-order valence-corrected chi connectivity index (χ4v) is 2.12. The molecule has 0 bridgehead atoms. The van der Waals surface area contributed by atoms with Gasteiger partial charge in [-0.15, -0.1) is 0 Å². The van der Waals surface area contributed by atoms with Gasteiger partial charge in [0, 0.05) is 12.2 Å². The largest absolute Gasteiger partial charge is 0.389 e. The molecule has 0 aliphatic rings. The summed E-state index contributed by atoms with van der Waals surface area (Å²) >= 11 is 0. The van der Waals surface area contributed by atoms with Crippen LogP contribution in [-0.2, 0) is 0 Å². The van der Waals surface area contributed by atoms with Crippen LogP contribution < -0.4 is 5.32 Å². The molecule has 0 aromatic carbocycles. The molecule has 0 fully saturated rings. The highest BCUT2D eigenvalue weighted by Gasteiger charge is 2.25. The molecule has 0 saturated carbocycles. The van der Waals surface area contributed by atoms with Gasteiger partial charge in [-0.3, -0.25) is 0 Å². The molecule has 0 amide bonds. The van der Waals surface area contributed by atoms with Crippen molar-refractivity contribution in [1.29, 1.82) is 0 Å². The second-order valence-corrected chi connectivity index (χ2v) is 5.70. The van der Waals surface area contributed by atoms with Crippen molar-refractivity contribution in [3.63, 3.8) is 0 Å². The Morgan fingerprint density at radius 1 is 1.35 bits per heavy atom. The van der Waals surface area contributed by atoms with E-state index >= 15 is 0 Å². The van der Waals surface area contributed by atoms with E-state index in [1.54, 1.807) is 0 Å². The van der Waals surface area contributed by atoms with Gasteiger partial charge in [0.15, 0.2) is 0 Å². The van der Waals surface area contributed by atoms with Crippen LogP contribution in [-0.4, -0.2) is 14.4 Å². The number of nitrogens with one attached hydrogen (secondary N) is 1. The molecule has 1 N–H and O–H groups in total. The van der Waals surface area contributed by atoms with Gasteiger partial charge in [0.05, 0.1) is 7.85 Å². The highest BCUT2D eigenvalue weighted by atomic mass is 14.9. The summed E-state index contributed by atoms with van der Waals surface area (Å²) < 4.78 is 0. The van der Waals surface area contributed by atoms with E-state index in [0.717, 1.165) is 19.3 Å². The molecule has 0 aromatic rings. The number of rotatable bonds is 10. The van der Waals surface area contributed by atoms with E-state index in [9.17, 15) is 0 Å². The van der Waals surface area contributed by atoms with Crippen molar-refractivity contribution in [3.05, 3.63) is 12.3 Å². The van der Waals surface area contributed by atoms with E-state index in [-0.39, 0.29) is 0 Å². The molecule has 2 heteroatoms. The number of allylic oxidation sites excluding steroid dienone is 1. The van der Waals surface area contributed by atoms with Crippen LogP contribution in [0.3, 0.4) is 0 Å². The van der Waals surface area contributed by atoms with Crippen LogP contribution in [0.15, 0.2) is 12.3 Å². The number of hydrogen-bond acceptors (Lipinski definition) is 1. The molecule has 2 radical (unpaired) electrons. The van der Waals surface area contributed by atoms with Crippen LogP contribution in [0.1, 0.15) is 59.8 Å². The third kappa shape index (κ3) is 6.80. The van der Waals surface area contributed by atoms with Crippen molar-refractivity contribution in [2.75, 3.05) is 6.54 Å². The molecule has 0 heterocycles. The van der Waals surface area contributed by atoms with Crippen LogP contribution in [0.25, 0.3) is 0 Å². The van der Waals surface area contributed by atoms with E-state index in [2.05, 4.69) is 39.6 Å². The molecule has 0 aliphatic carbocycles. The van der Waals surface area contributed by atoms with Gasteiger partial charge in [-0.05, 0) is 30.6 Å². The Morgan fingerprint density at radius 3 is 2.47 bits per heavy atom. The van der Waals surface area contributed by atoms with Gasteiger partial charge < -0.3 is 5.32 Å². The fraction of sp³-hybridized carbons (Fsp3) is 0.867. The van der Waals surface area contributed by atoms with E-state index in [1.807, 2.05) is 0 Å². The Morgan fingerprint density at radius 2 is 2.00 bits per heavy atom. The maximum absolute atomic E-state index is 5.89. The monoisotopic (exact) mass is 235 g/mol. The summed E-state index contributed by atoms with van der Waals surface area (Å²) in [4.78, 5) is 0. The molecular formula is C15H30BN. The van der Waals surface area contributed by atoms with Gasteiger partial charge in [-0.2, -0.15) is 0 Å². The highest BCUT2D eigenvalue weighted by molar-refractivity contribution is 6.08. The summed E-state index contributed by atoms with van der Waals surface area (Å²) in [6.45, 7) is 14.1. The first-order chi connectivity index (χ1) is 7.97. The molecular weight excluding hydrogens is 205 g/mol. The lowest BCUT2D eigenvalue weighted by atomic mass is 9.69. The third-order valence-corrected chi connectivity index (χ3v) is 3.96. The Kier molecular flexibility index (Phi) is 8.46. The predicted molar refractivity (Wildman–Crippen MR) is 79.4 cm³/mol. The van der Waals surface area contributed by atoms with Gasteiger partial charge in [0.2, 0.25) is 0 Å². The normalized spacial score (nSPS) is 13.4. The van der Waals surface area contributed by atoms with Crippen molar-refractivity contribution in [3.8, 4) is 0 Å². The Bertz CT molecular complexity index is 211. The zero-order chi connectivity index (χ0) is 13.3. The highest BCUT2D eigenvalue weighted by Crippen LogP contribution is 2.35. The second-order valence-electron chi connectivity index (χ2n) is 5.70. The first-order valence-corrected chi connectivity index (χ1v) is 7.09. The molecule has 0 spiro atoms. The smallest absolute Gasteiger partial charge is 0.0657 e.